The monoisotopic (exact) mass is 119 g/mol. The van der Waals surface area contributed by atoms with Gasteiger partial charge in [0.25, 0.3) is 0 Å². The molecule has 0 fully saturated rings. The predicted octanol–water partition coefficient (Wildman–Crippen LogP) is -1.67. The molecule has 0 radical (unpaired) electrons. The second kappa shape index (κ2) is 2.76. The summed E-state index contributed by atoms with van der Waals surface area (Å²) >= 11 is 0. The van der Waals surface area contributed by atoms with Gasteiger partial charge in [-0.3, -0.25) is 4.79 Å². The normalized spacial score (nSPS) is 13.9. The first kappa shape index (κ1) is 6.65. The lowest BCUT2D eigenvalue weighted by Gasteiger charge is -1.99. The van der Waals surface area contributed by atoms with Crippen LogP contribution in [0.1, 0.15) is 6.92 Å². The maximum atomic E-state index is 9.89. The van der Waals surface area contributed by atoms with Crippen LogP contribution in [-0.4, -0.2) is 27.5 Å². The minimum absolute atomic E-state index is 0.369. The van der Waals surface area contributed by atoms with Crippen LogP contribution in [0.2, 0.25) is 0 Å². The molecule has 0 amide bonds. The minimum atomic E-state index is -0.782. The molecule has 2 N–H and O–H groups in total. The third-order valence-electron chi connectivity index (χ3n) is 0.803. The van der Waals surface area contributed by atoms with Crippen LogP contribution in [0.5, 0.6) is 0 Å². The largest absolute Gasteiger partial charge is 0.480 e. The van der Waals surface area contributed by atoms with Crippen LogP contribution in [0.15, 0.2) is 0 Å². The molecule has 0 aromatic rings. The Balaban J connectivity index is 3.34. The predicted molar refractivity (Wildman–Crippen MR) is 30.2 cm³/mol. The van der Waals surface area contributed by atoms with Gasteiger partial charge in [-0.1, -0.05) is 0 Å². The average molecular weight is 119 g/mol. The molecule has 7 heavy (non-hydrogen) atoms. The molecule has 0 spiro atoms. The highest BCUT2D eigenvalue weighted by Gasteiger charge is 2.03. The summed E-state index contributed by atoms with van der Waals surface area (Å²) in [5.41, 5.74) is 0. The van der Waals surface area contributed by atoms with Crippen molar-refractivity contribution in [1.29, 1.82) is 0 Å². The fraction of sp³-hybridized carbons (Fsp3) is 0.667. The molecular weight excluding hydrogens is 110 g/mol. The van der Waals surface area contributed by atoms with Crippen LogP contribution in [0.25, 0.3) is 0 Å². The standard InChI is InChI=1S/C3H9NO2Si/c1-2(4-7)3(5)6/h2,4H,1,7H3,(H,5,6). The Hall–Kier alpha value is -0.353. The molecule has 0 aromatic heterocycles. The zero-order valence-corrected chi connectivity index (χ0v) is 6.43. The van der Waals surface area contributed by atoms with Crippen molar-refractivity contribution in [3.63, 3.8) is 0 Å². The first-order valence-electron chi connectivity index (χ1n) is 2.08. The molecule has 0 aliphatic rings. The Kier molecular flexibility index (Phi) is 2.62. The number of aliphatic carboxylic acids is 1. The van der Waals surface area contributed by atoms with Crippen molar-refractivity contribution in [2.45, 2.75) is 13.0 Å². The molecule has 0 aromatic carbocycles. The number of hydrogen-bond donors (Lipinski definition) is 2. The van der Waals surface area contributed by atoms with Gasteiger partial charge >= 0.3 is 5.97 Å². The van der Waals surface area contributed by atoms with Gasteiger partial charge in [-0.15, -0.1) is 0 Å². The van der Waals surface area contributed by atoms with E-state index < -0.39 is 5.97 Å². The van der Waals surface area contributed by atoms with Crippen molar-refractivity contribution in [2.24, 2.45) is 0 Å². The third kappa shape index (κ3) is 2.36. The van der Waals surface area contributed by atoms with E-state index in [0.717, 1.165) is 10.4 Å². The molecule has 0 aliphatic heterocycles. The Bertz CT molecular complexity index is 75.3. The lowest BCUT2D eigenvalue weighted by molar-refractivity contribution is -0.138. The van der Waals surface area contributed by atoms with E-state index in [1.165, 1.54) is 0 Å². The molecule has 0 bridgehead atoms. The Morgan fingerprint density at radius 3 is 2.43 bits per heavy atom. The van der Waals surface area contributed by atoms with E-state index >= 15 is 0 Å². The highest BCUT2D eigenvalue weighted by atomic mass is 28.2. The van der Waals surface area contributed by atoms with Crippen molar-refractivity contribution < 1.29 is 9.90 Å². The minimum Gasteiger partial charge on any atom is -0.480 e. The first-order chi connectivity index (χ1) is 3.18. The van der Waals surface area contributed by atoms with E-state index in [1.807, 2.05) is 0 Å². The van der Waals surface area contributed by atoms with Gasteiger partial charge in [0.15, 0.2) is 0 Å². The van der Waals surface area contributed by atoms with Gasteiger partial charge in [-0.2, -0.15) is 0 Å². The quantitative estimate of drug-likeness (QED) is 0.427. The van der Waals surface area contributed by atoms with Crippen molar-refractivity contribution in [3.05, 3.63) is 0 Å². The molecule has 0 saturated carbocycles. The Morgan fingerprint density at radius 1 is 2.00 bits per heavy atom. The van der Waals surface area contributed by atoms with Crippen molar-refractivity contribution >= 4 is 16.4 Å². The van der Waals surface area contributed by atoms with E-state index in [4.69, 9.17) is 5.11 Å². The van der Waals surface area contributed by atoms with Gasteiger partial charge in [0, 0.05) is 0 Å². The van der Waals surface area contributed by atoms with E-state index in [0.29, 0.717) is 0 Å². The summed E-state index contributed by atoms with van der Waals surface area (Å²) in [5.74, 6) is -0.782. The second-order valence-corrected chi connectivity index (χ2v) is 1.93. The smallest absolute Gasteiger partial charge is 0.319 e. The van der Waals surface area contributed by atoms with Gasteiger partial charge in [-0.25, -0.2) is 0 Å². The van der Waals surface area contributed by atoms with E-state index in [9.17, 15) is 4.79 Å². The van der Waals surface area contributed by atoms with Crippen molar-refractivity contribution in [3.8, 4) is 0 Å². The number of carboxylic acids is 1. The van der Waals surface area contributed by atoms with Crippen molar-refractivity contribution in [1.82, 2.24) is 4.98 Å². The van der Waals surface area contributed by atoms with Crippen LogP contribution < -0.4 is 4.98 Å². The first-order valence-corrected chi connectivity index (χ1v) is 3.08. The average Bonchev–Trinajstić information content (AvgIpc) is 1.65. The summed E-state index contributed by atoms with van der Waals surface area (Å²) in [5, 5.41) is 8.14. The molecule has 42 valence electrons. The van der Waals surface area contributed by atoms with E-state index in [1.54, 1.807) is 6.92 Å². The zero-order valence-electron chi connectivity index (χ0n) is 4.43. The summed E-state index contributed by atoms with van der Waals surface area (Å²) in [6.45, 7) is 1.62. The summed E-state index contributed by atoms with van der Waals surface area (Å²) in [6, 6.07) is -0.369. The van der Waals surface area contributed by atoms with Crippen molar-refractivity contribution in [2.75, 3.05) is 0 Å². The summed E-state index contributed by atoms with van der Waals surface area (Å²) in [7, 11) is 0.740. The lowest BCUT2D eigenvalue weighted by Crippen LogP contribution is -2.31. The van der Waals surface area contributed by atoms with Gasteiger partial charge < -0.3 is 10.1 Å². The molecule has 0 aliphatic carbocycles. The molecule has 1 atom stereocenters. The van der Waals surface area contributed by atoms with Crippen LogP contribution in [0.4, 0.5) is 0 Å². The molecular formula is C3H9NO2Si. The Morgan fingerprint density at radius 2 is 2.43 bits per heavy atom. The number of carbonyl (C=O) groups is 1. The number of nitrogens with one attached hydrogen (secondary N) is 1. The fourth-order valence-electron chi connectivity index (χ4n) is 0.123. The number of hydrogen-bond acceptors (Lipinski definition) is 2. The van der Waals surface area contributed by atoms with Gasteiger partial charge in [-0.05, 0) is 6.92 Å². The lowest BCUT2D eigenvalue weighted by atomic mass is 10.4. The summed E-state index contributed by atoms with van der Waals surface area (Å²) in [6.07, 6.45) is 0. The molecule has 0 heterocycles. The molecule has 0 rings (SSSR count). The van der Waals surface area contributed by atoms with E-state index in [-0.39, 0.29) is 6.04 Å². The highest BCUT2D eigenvalue weighted by Crippen LogP contribution is 1.73. The van der Waals surface area contributed by atoms with Crippen LogP contribution >= 0.6 is 0 Å². The van der Waals surface area contributed by atoms with Gasteiger partial charge in [0.05, 0.1) is 16.4 Å². The summed E-state index contributed by atoms with van der Waals surface area (Å²) in [4.78, 5) is 12.6. The molecule has 4 heteroatoms. The number of rotatable bonds is 2. The highest BCUT2D eigenvalue weighted by molar-refractivity contribution is 6.06. The molecule has 1 unspecified atom stereocenters. The SMILES string of the molecule is CC(N[SiH3])C(=O)O. The van der Waals surface area contributed by atoms with Crippen LogP contribution in [-0.2, 0) is 4.79 Å². The second-order valence-electron chi connectivity index (χ2n) is 1.35. The number of carboxylic acid groups (broad SMARTS) is 1. The maximum Gasteiger partial charge on any atom is 0.319 e. The van der Waals surface area contributed by atoms with Gasteiger partial charge in [0.1, 0.15) is 0 Å². The summed E-state index contributed by atoms with van der Waals surface area (Å²) < 4.78 is 0. The third-order valence-corrected chi connectivity index (χ3v) is 1.67. The Labute approximate surface area is 45.2 Å². The molecule has 3 nitrogen and oxygen atoms in total. The van der Waals surface area contributed by atoms with Crippen LogP contribution in [0.3, 0.4) is 0 Å². The van der Waals surface area contributed by atoms with Crippen LogP contribution in [0, 0.1) is 0 Å². The fourth-order valence-corrected chi connectivity index (χ4v) is 0.370. The topological polar surface area (TPSA) is 49.3 Å². The van der Waals surface area contributed by atoms with Gasteiger partial charge in [0.2, 0.25) is 0 Å². The van der Waals surface area contributed by atoms with E-state index in [2.05, 4.69) is 4.98 Å². The maximum absolute atomic E-state index is 9.89. The zero-order chi connectivity index (χ0) is 5.86. The molecule has 0 saturated heterocycles.